The van der Waals surface area contributed by atoms with Crippen molar-refractivity contribution in [2.45, 2.75) is 83.1 Å². The molecular formula is C29H36O9. The third-order valence-corrected chi connectivity index (χ3v) is 11.3. The third kappa shape index (κ3) is 2.99. The van der Waals surface area contributed by atoms with Crippen molar-refractivity contribution < 1.29 is 43.9 Å². The Balaban J connectivity index is 1.32. The predicted molar refractivity (Wildman–Crippen MR) is 130 cm³/mol. The second-order valence-corrected chi connectivity index (χ2v) is 13.2. The minimum absolute atomic E-state index is 0.0521. The first-order chi connectivity index (χ1) is 17.9. The van der Waals surface area contributed by atoms with E-state index in [-0.39, 0.29) is 12.5 Å². The first-order valence-electron chi connectivity index (χ1n) is 14.0. The summed E-state index contributed by atoms with van der Waals surface area (Å²) in [5.41, 5.74) is -0.425. The lowest BCUT2D eigenvalue weighted by Crippen LogP contribution is -2.78. The van der Waals surface area contributed by atoms with Crippen LogP contribution in [0.1, 0.15) is 52.9 Å². The molecule has 3 N–H and O–H groups in total. The number of esters is 2. The number of hydrogen-bond acceptors (Lipinski definition) is 9. The minimum Gasteiger partial charge on any atom is -0.459 e. The average Bonchev–Trinajstić information content (AvgIpc) is 3.78. The summed E-state index contributed by atoms with van der Waals surface area (Å²) in [6.45, 7) is 5.23. The highest BCUT2D eigenvalue weighted by Crippen LogP contribution is 2.73. The second kappa shape index (κ2) is 7.77. The van der Waals surface area contributed by atoms with Crippen molar-refractivity contribution in [3.05, 3.63) is 23.3 Å². The first-order valence-corrected chi connectivity index (χ1v) is 14.0. The van der Waals surface area contributed by atoms with Gasteiger partial charge in [0.05, 0.1) is 6.61 Å². The maximum absolute atomic E-state index is 13.5. The normalized spacial score (nSPS) is 50.8. The van der Waals surface area contributed by atoms with E-state index in [9.17, 15) is 29.7 Å². The van der Waals surface area contributed by atoms with E-state index in [0.29, 0.717) is 18.3 Å². The van der Waals surface area contributed by atoms with Crippen LogP contribution in [-0.2, 0) is 28.6 Å². The number of ketones is 1. The van der Waals surface area contributed by atoms with Crippen LogP contribution in [-0.4, -0.2) is 69.9 Å². The van der Waals surface area contributed by atoms with Crippen LogP contribution in [0.2, 0.25) is 0 Å². The van der Waals surface area contributed by atoms with Gasteiger partial charge >= 0.3 is 11.9 Å². The maximum atomic E-state index is 13.5. The summed E-state index contributed by atoms with van der Waals surface area (Å²) >= 11 is 0. The molecule has 9 nitrogen and oxygen atoms in total. The lowest BCUT2D eigenvalue weighted by molar-refractivity contribution is -0.339. The van der Waals surface area contributed by atoms with E-state index in [0.717, 1.165) is 36.8 Å². The number of carbonyl (C=O) groups excluding carboxylic acids is 3. The van der Waals surface area contributed by atoms with Crippen molar-refractivity contribution in [2.75, 3.05) is 6.61 Å². The highest BCUT2D eigenvalue weighted by atomic mass is 16.7. The molecule has 5 aliphatic carbocycles. The Hall–Kier alpha value is -2.07. The molecule has 0 radical (unpaired) electrons. The van der Waals surface area contributed by atoms with Crippen molar-refractivity contribution in [3.8, 4) is 0 Å². The molecule has 38 heavy (non-hydrogen) atoms. The van der Waals surface area contributed by atoms with Crippen LogP contribution in [0.4, 0.5) is 0 Å². The summed E-state index contributed by atoms with van der Waals surface area (Å²) in [5, 5.41) is 34.7. The van der Waals surface area contributed by atoms with Crippen LogP contribution in [0.5, 0.6) is 0 Å². The molecule has 1 spiro atoms. The minimum atomic E-state index is -2.07. The van der Waals surface area contributed by atoms with E-state index in [2.05, 4.69) is 0 Å². The molecule has 0 aromatic heterocycles. The molecule has 4 saturated carbocycles. The van der Waals surface area contributed by atoms with Crippen molar-refractivity contribution in [1.29, 1.82) is 0 Å². The van der Waals surface area contributed by atoms with Gasteiger partial charge in [0.2, 0.25) is 6.10 Å². The van der Waals surface area contributed by atoms with Gasteiger partial charge in [-0.1, -0.05) is 25.0 Å². The fourth-order valence-electron chi connectivity index (χ4n) is 9.43. The molecule has 0 unspecified atom stereocenters. The molecular weight excluding hydrogens is 492 g/mol. The average molecular weight is 529 g/mol. The monoisotopic (exact) mass is 528 g/mol. The lowest BCUT2D eigenvalue weighted by atomic mass is 9.38. The molecule has 2 aliphatic heterocycles. The fourth-order valence-corrected chi connectivity index (χ4v) is 9.43. The molecule has 2 heterocycles. The van der Waals surface area contributed by atoms with Gasteiger partial charge in [0, 0.05) is 28.7 Å². The largest absolute Gasteiger partial charge is 0.459 e. The van der Waals surface area contributed by atoms with Crippen molar-refractivity contribution >= 4 is 17.7 Å². The number of aliphatic hydroxyl groups is 3. The first kappa shape index (κ1) is 24.9. The van der Waals surface area contributed by atoms with E-state index in [4.69, 9.17) is 14.2 Å². The summed E-state index contributed by atoms with van der Waals surface area (Å²) < 4.78 is 17.9. The molecule has 0 amide bonds. The Morgan fingerprint density at radius 1 is 1.16 bits per heavy atom. The second-order valence-electron chi connectivity index (χ2n) is 13.2. The number of allylic oxidation sites excluding steroid dienone is 2. The van der Waals surface area contributed by atoms with Crippen LogP contribution in [0.3, 0.4) is 0 Å². The topological polar surface area (TPSA) is 140 Å². The molecule has 7 aliphatic rings. The Bertz CT molecular complexity index is 1170. The summed E-state index contributed by atoms with van der Waals surface area (Å²) in [7, 11) is 0. The molecule has 7 rings (SSSR count). The van der Waals surface area contributed by atoms with Gasteiger partial charge in [-0.05, 0) is 68.8 Å². The maximum Gasteiger partial charge on any atom is 0.348 e. The van der Waals surface area contributed by atoms with Gasteiger partial charge in [-0.15, -0.1) is 0 Å². The molecule has 206 valence electrons. The predicted octanol–water partition coefficient (Wildman–Crippen LogP) is 1.43. The SMILES string of the molecule is CC1=CC(=O)[C@@H](O)[C@]2(C)[C@H]3[C@@]4(O)OC[C@]35[C@H]([C@@H](C)[C@H]4O)[C@@H](OC(=O)C=C(C3CC3)C3CC3)C(=O)O[C@@H]5C[C@@H]12. The molecule has 0 aromatic rings. The van der Waals surface area contributed by atoms with Gasteiger partial charge in [0.15, 0.2) is 11.6 Å². The lowest BCUT2D eigenvalue weighted by Gasteiger charge is -2.68. The Kier molecular flexibility index (Phi) is 5.10. The zero-order chi connectivity index (χ0) is 26.9. The summed E-state index contributed by atoms with van der Waals surface area (Å²) in [4.78, 5) is 39.6. The number of ether oxygens (including phenoxy) is 3. The number of hydrogen-bond donors (Lipinski definition) is 3. The molecule has 0 aromatic carbocycles. The number of aliphatic hydroxyl groups excluding tert-OH is 2. The van der Waals surface area contributed by atoms with Crippen molar-refractivity contribution in [3.63, 3.8) is 0 Å². The van der Waals surface area contributed by atoms with E-state index in [1.807, 2.05) is 0 Å². The Morgan fingerprint density at radius 2 is 1.82 bits per heavy atom. The standard InChI is InChI=1S/C29H36O9/c1-12-8-18(30)24(33)27(3)17(12)10-19-28-11-36-29(35,26(27)28)23(32)13(2)21(28)22(25(34)37-19)38-20(31)9-16(14-4-5-14)15-6-7-15/h8-9,13-15,17,19,21-24,26,32-33,35H,4-7,10-11H2,1-3H3/t13-,17+,19-,21-,22-,23-,24-,26-,27-,28+,29+/m1/s1. The van der Waals surface area contributed by atoms with E-state index < -0.39 is 76.5 Å². The summed E-state index contributed by atoms with van der Waals surface area (Å²) in [5.74, 6) is -5.72. The van der Waals surface area contributed by atoms with E-state index >= 15 is 0 Å². The molecule has 2 bridgehead atoms. The van der Waals surface area contributed by atoms with Gasteiger partial charge in [-0.25, -0.2) is 9.59 Å². The van der Waals surface area contributed by atoms with Gasteiger partial charge < -0.3 is 29.5 Å². The zero-order valence-corrected chi connectivity index (χ0v) is 22.0. The quantitative estimate of drug-likeness (QED) is 0.365. The highest BCUT2D eigenvalue weighted by Gasteiger charge is 2.83. The number of fused-ring (bicyclic) bond motifs is 1. The molecule has 2 saturated heterocycles. The Morgan fingerprint density at radius 3 is 2.45 bits per heavy atom. The van der Waals surface area contributed by atoms with E-state index in [1.165, 1.54) is 6.08 Å². The number of carbonyl (C=O) groups is 3. The van der Waals surface area contributed by atoms with Crippen LogP contribution < -0.4 is 0 Å². The summed E-state index contributed by atoms with van der Waals surface area (Å²) in [6, 6.07) is 0. The van der Waals surface area contributed by atoms with Gasteiger partial charge in [-0.2, -0.15) is 0 Å². The highest BCUT2D eigenvalue weighted by molar-refractivity contribution is 5.96. The Labute approximate surface area is 221 Å². The smallest absolute Gasteiger partial charge is 0.348 e. The molecule has 6 fully saturated rings. The third-order valence-electron chi connectivity index (χ3n) is 11.3. The van der Waals surface area contributed by atoms with Crippen LogP contribution in [0.15, 0.2) is 23.3 Å². The van der Waals surface area contributed by atoms with Crippen molar-refractivity contribution in [1.82, 2.24) is 0 Å². The van der Waals surface area contributed by atoms with Crippen LogP contribution in [0, 0.1) is 46.3 Å². The van der Waals surface area contributed by atoms with Gasteiger partial charge in [0.1, 0.15) is 18.3 Å². The number of rotatable bonds is 4. The summed E-state index contributed by atoms with van der Waals surface area (Å²) in [6.07, 6.45) is 2.66. The van der Waals surface area contributed by atoms with Gasteiger partial charge in [-0.3, -0.25) is 4.79 Å². The van der Waals surface area contributed by atoms with Crippen LogP contribution in [0.25, 0.3) is 0 Å². The molecule has 11 atom stereocenters. The van der Waals surface area contributed by atoms with Gasteiger partial charge in [0.25, 0.3) is 0 Å². The molecule has 9 heteroatoms. The van der Waals surface area contributed by atoms with E-state index in [1.54, 1.807) is 26.8 Å². The fraction of sp³-hybridized carbons (Fsp3) is 0.759. The van der Waals surface area contributed by atoms with Crippen LogP contribution >= 0.6 is 0 Å². The zero-order valence-electron chi connectivity index (χ0n) is 22.0. The van der Waals surface area contributed by atoms with Crippen molar-refractivity contribution in [2.24, 2.45) is 46.3 Å².